The first-order valence-electron chi connectivity index (χ1n) is 13.5. The Bertz CT molecular complexity index is 1780. The number of Topliss-reactive ketones (excluding diaryl/α,β-unsaturated/α-hetero) is 1. The van der Waals surface area contributed by atoms with E-state index in [9.17, 15) is 24.6 Å². The summed E-state index contributed by atoms with van der Waals surface area (Å²) in [6, 6.07) is 14.3. The number of ketones is 1. The molecule has 0 saturated heterocycles. The van der Waals surface area contributed by atoms with Crippen molar-refractivity contribution in [2.75, 3.05) is 12.0 Å². The predicted molar refractivity (Wildman–Crippen MR) is 159 cm³/mol. The van der Waals surface area contributed by atoms with Crippen molar-refractivity contribution < 1.29 is 23.6 Å². The largest absolute Gasteiger partial charge is 0.496 e. The second-order valence-corrected chi connectivity index (χ2v) is 10.8. The zero-order valence-electron chi connectivity index (χ0n) is 23.7. The number of ether oxygens (including phenoxy) is 2. The number of hydrogen-bond donors (Lipinski definition) is 1. The van der Waals surface area contributed by atoms with Gasteiger partial charge >= 0.3 is 0 Å². The van der Waals surface area contributed by atoms with Gasteiger partial charge in [0, 0.05) is 17.7 Å². The second-order valence-electron chi connectivity index (χ2n) is 10.4. The Morgan fingerprint density at radius 1 is 1.19 bits per heavy atom. The van der Waals surface area contributed by atoms with E-state index in [4.69, 9.17) is 26.8 Å². The zero-order chi connectivity index (χ0) is 31.0. The first kappa shape index (κ1) is 29.6. The molecule has 5 rings (SSSR count). The number of carbonyl (C=O) groups excluding carboxylic acids is 1. The van der Waals surface area contributed by atoms with Crippen LogP contribution in [0.4, 0.5) is 15.8 Å². The van der Waals surface area contributed by atoms with Crippen molar-refractivity contribution in [2.24, 2.45) is 5.73 Å². The summed E-state index contributed by atoms with van der Waals surface area (Å²) < 4.78 is 24.6. The van der Waals surface area contributed by atoms with Crippen molar-refractivity contribution in [1.82, 2.24) is 0 Å². The van der Waals surface area contributed by atoms with Crippen LogP contribution in [-0.2, 0) is 11.4 Å². The van der Waals surface area contributed by atoms with Crippen molar-refractivity contribution >= 4 is 28.8 Å². The summed E-state index contributed by atoms with van der Waals surface area (Å²) in [5.74, 6) is -0.791. The molecule has 0 amide bonds. The molecule has 2 N–H and O–H groups in total. The van der Waals surface area contributed by atoms with Gasteiger partial charge in [0.15, 0.2) is 5.78 Å². The van der Waals surface area contributed by atoms with Crippen LogP contribution in [0.25, 0.3) is 0 Å². The number of nitriles is 1. The van der Waals surface area contributed by atoms with E-state index in [1.807, 2.05) is 26.0 Å². The van der Waals surface area contributed by atoms with Crippen molar-refractivity contribution in [2.45, 2.75) is 45.6 Å². The first-order chi connectivity index (χ1) is 20.5. The van der Waals surface area contributed by atoms with Crippen LogP contribution < -0.4 is 20.1 Å². The van der Waals surface area contributed by atoms with Crippen LogP contribution >= 0.6 is 11.6 Å². The SMILES string of the molecule is COc1ccc(N2C(N)=C(C#N)C(c3cc(C)cc(COc4ccc(F)cc4Cl)c3C)C3=C2CCCC3=O)c([N+](=O)[O-])c1. The molecule has 9 nitrogen and oxygen atoms in total. The van der Waals surface area contributed by atoms with Gasteiger partial charge in [-0.05, 0) is 73.7 Å². The van der Waals surface area contributed by atoms with Crippen LogP contribution in [0.3, 0.4) is 0 Å². The summed E-state index contributed by atoms with van der Waals surface area (Å²) in [4.78, 5) is 26.7. The van der Waals surface area contributed by atoms with Crippen molar-refractivity contribution in [3.05, 3.63) is 114 Å². The minimum atomic E-state index is -0.783. The van der Waals surface area contributed by atoms with Gasteiger partial charge in [-0.3, -0.25) is 19.8 Å². The highest BCUT2D eigenvalue weighted by molar-refractivity contribution is 6.32. The zero-order valence-corrected chi connectivity index (χ0v) is 24.5. The predicted octanol–water partition coefficient (Wildman–Crippen LogP) is 6.90. The summed E-state index contributed by atoms with van der Waals surface area (Å²) in [6.45, 7) is 3.87. The number of halogens is 2. The number of aryl methyl sites for hydroxylation is 1. The van der Waals surface area contributed by atoms with E-state index in [0.29, 0.717) is 35.4 Å². The molecule has 1 heterocycles. The van der Waals surface area contributed by atoms with Gasteiger partial charge < -0.3 is 15.2 Å². The fourth-order valence-electron chi connectivity index (χ4n) is 5.80. The number of anilines is 1. The molecule has 0 saturated carbocycles. The number of carbonyl (C=O) groups is 1. The van der Waals surface area contributed by atoms with Crippen LogP contribution in [0, 0.1) is 41.1 Å². The number of hydrogen-bond acceptors (Lipinski definition) is 8. The summed E-state index contributed by atoms with van der Waals surface area (Å²) in [5, 5.41) is 22.7. The molecule has 2 aliphatic rings. The minimum absolute atomic E-state index is 0.0195. The van der Waals surface area contributed by atoms with Crippen molar-refractivity contribution in [3.8, 4) is 17.6 Å². The van der Waals surface area contributed by atoms with E-state index < -0.39 is 16.7 Å². The molecule has 0 spiro atoms. The van der Waals surface area contributed by atoms with Gasteiger partial charge in [-0.1, -0.05) is 29.3 Å². The standard InChI is InChI=1S/C32H28ClFN4O5/c1-17-11-19(16-43-29-10-7-20(34)13-24(29)33)18(2)22(12-17)30-23(15-35)32(36)37(26-5-4-6-28(39)31(26)30)25-9-8-21(42-3)14-27(25)38(40)41/h7-14,30H,4-6,16,36H2,1-3H3. The minimum Gasteiger partial charge on any atom is -0.496 e. The molecule has 1 atom stereocenters. The Balaban J connectivity index is 1.66. The molecule has 3 aromatic carbocycles. The number of nitro benzene ring substituents is 1. The monoisotopic (exact) mass is 602 g/mol. The highest BCUT2D eigenvalue weighted by Crippen LogP contribution is 2.49. The molecule has 0 fully saturated rings. The van der Waals surface area contributed by atoms with E-state index in [0.717, 1.165) is 16.7 Å². The molecule has 220 valence electrons. The molecular formula is C32H28ClFN4O5. The van der Waals surface area contributed by atoms with Gasteiger partial charge in [0.2, 0.25) is 0 Å². The Morgan fingerprint density at radius 3 is 2.63 bits per heavy atom. The molecule has 0 aromatic heterocycles. The number of methoxy groups -OCH3 is 1. The normalized spacial score (nSPS) is 16.6. The van der Waals surface area contributed by atoms with E-state index in [-0.39, 0.29) is 52.4 Å². The number of allylic oxidation sites excluding steroid dienone is 3. The topological polar surface area (TPSA) is 132 Å². The summed E-state index contributed by atoms with van der Waals surface area (Å²) in [7, 11) is 1.41. The lowest BCUT2D eigenvalue weighted by atomic mass is 9.73. The molecule has 0 radical (unpaired) electrons. The number of nitrogens with two attached hydrogens (primary N) is 1. The molecule has 11 heteroatoms. The maximum absolute atomic E-state index is 13.7. The lowest BCUT2D eigenvalue weighted by molar-refractivity contribution is -0.384. The van der Waals surface area contributed by atoms with Gasteiger partial charge in [0.1, 0.15) is 35.4 Å². The molecule has 0 bridgehead atoms. The van der Waals surface area contributed by atoms with Crippen LogP contribution in [0.2, 0.25) is 5.02 Å². The van der Waals surface area contributed by atoms with Crippen LogP contribution in [-0.4, -0.2) is 17.8 Å². The van der Waals surface area contributed by atoms with E-state index in [2.05, 4.69) is 6.07 Å². The highest BCUT2D eigenvalue weighted by Gasteiger charge is 2.42. The highest BCUT2D eigenvalue weighted by atomic mass is 35.5. The lowest BCUT2D eigenvalue weighted by Crippen LogP contribution is -2.39. The van der Waals surface area contributed by atoms with Crippen molar-refractivity contribution in [1.29, 1.82) is 5.26 Å². The van der Waals surface area contributed by atoms with E-state index >= 15 is 0 Å². The van der Waals surface area contributed by atoms with Crippen LogP contribution in [0.5, 0.6) is 11.5 Å². The van der Waals surface area contributed by atoms with E-state index in [1.165, 1.54) is 42.3 Å². The van der Waals surface area contributed by atoms with Crippen LogP contribution in [0.1, 0.15) is 47.4 Å². The number of benzene rings is 3. The maximum atomic E-state index is 13.7. The molecule has 1 aliphatic heterocycles. The van der Waals surface area contributed by atoms with Gasteiger partial charge in [-0.25, -0.2) is 4.39 Å². The van der Waals surface area contributed by atoms with E-state index in [1.54, 1.807) is 6.07 Å². The third-order valence-corrected chi connectivity index (χ3v) is 8.12. The third kappa shape index (κ3) is 5.40. The number of rotatable bonds is 7. The Hall–Kier alpha value is -4.88. The molecular weight excluding hydrogens is 575 g/mol. The average Bonchev–Trinajstić information content (AvgIpc) is 2.97. The van der Waals surface area contributed by atoms with Gasteiger partial charge in [0.25, 0.3) is 5.69 Å². The summed E-state index contributed by atoms with van der Waals surface area (Å²) in [6.07, 6.45) is 1.24. The molecule has 3 aromatic rings. The fourth-order valence-corrected chi connectivity index (χ4v) is 6.02. The quantitative estimate of drug-likeness (QED) is 0.228. The molecule has 1 unspecified atom stereocenters. The molecule has 43 heavy (non-hydrogen) atoms. The summed E-state index contributed by atoms with van der Waals surface area (Å²) >= 11 is 6.16. The van der Waals surface area contributed by atoms with Gasteiger partial charge in [-0.15, -0.1) is 0 Å². The maximum Gasteiger partial charge on any atom is 0.296 e. The third-order valence-electron chi connectivity index (χ3n) is 7.82. The first-order valence-corrected chi connectivity index (χ1v) is 13.9. The second kappa shape index (κ2) is 11.8. The Labute approximate surface area is 252 Å². The smallest absolute Gasteiger partial charge is 0.296 e. The van der Waals surface area contributed by atoms with Gasteiger partial charge in [0.05, 0.1) is 40.7 Å². The summed E-state index contributed by atoms with van der Waals surface area (Å²) in [5.41, 5.74) is 10.7. The number of nitro groups is 1. The Morgan fingerprint density at radius 2 is 1.95 bits per heavy atom. The Kier molecular flexibility index (Phi) is 8.11. The number of nitrogens with zero attached hydrogens (tertiary/aromatic N) is 3. The average molecular weight is 603 g/mol. The van der Waals surface area contributed by atoms with Crippen LogP contribution in [0.15, 0.2) is 71.2 Å². The van der Waals surface area contributed by atoms with Crippen molar-refractivity contribution in [3.63, 3.8) is 0 Å². The van der Waals surface area contributed by atoms with Gasteiger partial charge in [-0.2, -0.15) is 5.26 Å². The lowest BCUT2D eigenvalue weighted by Gasteiger charge is -2.40. The fraction of sp³-hybridized carbons (Fsp3) is 0.250. The molecule has 1 aliphatic carbocycles.